The summed E-state index contributed by atoms with van der Waals surface area (Å²) in [4.78, 5) is 31.5. The molecule has 2 N–H and O–H groups in total. The van der Waals surface area contributed by atoms with E-state index < -0.39 is 6.04 Å². The number of halogens is 1. The first kappa shape index (κ1) is 19.5. The molecule has 2 bridgehead atoms. The summed E-state index contributed by atoms with van der Waals surface area (Å²) in [5.41, 5.74) is 7.03. The number of amides is 2. The molecule has 3 heterocycles. The lowest BCUT2D eigenvalue weighted by Gasteiger charge is -2.38. The molecule has 1 aliphatic carbocycles. The lowest BCUT2D eigenvalue weighted by atomic mass is 10.1. The highest BCUT2D eigenvalue weighted by molar-refractivity contribution is 5.87. The fraction of sp³-hybridized carbons (Fsp3) is 0.591. The maximum atomic E-state index is 13.6. The predicted molar refractivity (Wildman–Crippen MR) is 106 cm³/mol. The molecule has 4 fully saturated rings. The van der Waals surface area contributed by atoms with Crippen molar-refractivity contribution in [1.82, 2.24) is 14.7 Å². The van der Waals surface area contributed by atoms with E-state index in [4.69, 9.17) is 5.73 Å². The molecule has 2 unspecified atom stereocenters. The maximum absolute atomic E-state index is 13.6. The van der Waals surface area contributed by atoms with Crippen LogP contribution in [0.3, 0.4) is 0 Å². The number of nitriles is 1. The first-order valence-electron chi connectivity index (χ1n) is 10.7. The Hall–Kier alpha value is -2.50. The van der Waals surface area contributed by atoms with Crippen LogP contribution in [0, 0.1) is 23.1 Å². The minimum atomic E-state index is -0.735. The van der Waals surface area contributed by atoms with Gasteiger partial charge in [-0.05, 0) is 49.8 Å². The highest BCUT2D eigenvalue weighted by Crippen LogP contribution is 2.48. The molecule has 5 rings (SSSR count). The van der Waals surface area contributed by atoms with E-state index in [9.17, 15) is 19.2 Å². The first-order chi connectivity index (χ1) is 14.4. The van der Waals surface area contributed by atoms with Gasteiger partial charge in [-0.3, -0.25) is 14.5 Å². The SMILES string of the molecule is C[C@@H](c1cccc(F)c1)N1C(=O)[C@@H]2CC1CN2C[C@H](N)C(=O)N1[C@H](C#N)CC2C[C@@H]21. The zero-order valence-corrected chi connectivity index (χ0v) is 16.9. The number of fused-ring (bicyclic) bond motifs is 3. The summed E-state index contributed by atoms with van der Waals surface area (Å²) in [7, 11) is 0. The van der Waals surface area contributed by atoms with E-state index in [2.05, 4.69) is 6.07 Å². The quantitative estimate of drug-likeness (QED) is 0.781. The van der Waals surface area contributed by atoms with E-state index in [1.54, 1.807) is 11.0 Å². The zero-order valence-electron chi connectivity index (χ0n) is 16.9. The van der Waals surface area contributed by atoms with Crippen LogP contribution in [0.25, 0.3) is 0 Å². The minimum Gasteiger partial charge on any atom is -0.330 e. The van der Waals surface area contributed by atoms with Gasteiger partial charge in [0, 0.05) is 25.2 Å². The molecule has 1 aromatic carbocycles. The molecule has 7 atom stereocenters. The van der Waals surface area contributed by atoms with Crippen molar-refractivity contribution in [3.8, 4) is 6.07 Å². The van der Waals surface area contributed by atoms with Gasteiger partial charge in [-0.1, -0.05) is 12.1 Å². The molecule has 0 aromatic heterocycles. The van der Waals surface area contributed by atoms with Gasteiger partial charge in [0.05, 0.1) is 24.2 Å². The molecule has 0 spiro atoms. The molecule has 7 nitrogen and oxygen atoms in total. The van der Waals surface area contributed by atoms with Gasteiger partial charge in [0.25, 0.3) is 0 Å². The second-order valence-corrected chi connectivity index (χ2v) is 9.13. The van der Waals surface area contributed by atoms with Crippen LogP contribution in [0.4, 0.5) is 4.39 Å². The number of carbonyl (C=O) groups is 2. The Labute approximate surface area is 175 Å². The fourth-order valence-corrected chi connectivity index (χ4v) is 5.74. The fourth-order valence-electron chi connectivity index (χ4n) is 5.74. The van der Waals surface area contributed by atoms with Gasteiger partial charge < -0.3 is 15.5 Å². The van der Waals surface area contributed by atoms with Crippen LogP contribution in [-0.2, 0) is 9.59 Å². The Morgan fingerprint density at radius 2 is 2.17 bits per heavy atom. The number of nitrogens with zero attached hydrogens (tertiary/aromatic N) is 4. The number of piperidine rings is 1. The Morgan fingerprint density at radius 3 is 2.87 bits per heavy atom. The van der Waals surface area contributed by atoms with Crippen molar-refractivity contribution in [2.45, 2.75) is 62.4 Å². The second-order valence-electron chi connectivity index (χ2n) is 9.13. The molecular weight excluding hydrogens is 385 g/mol. The van der Waals surface area contributed by atoms with Crippen molar-refractivity contribution in [2.24, 2.45) is 11.7 Å². The third-order valence-corrected chi connectivity index (χ3v) is 7.32. The summed E-state index contributed by atoms with van der Waals surface area (Å²) >= 11 is 0. The lowest BCUT2D eigenvalue weighted by Crippen LogP contribution is -2.57. The van der Waals surface area contributed by atoms with Gasteiger partial charge in [0.1, 0.15) is 11.9 Å². The summed E-state index contributed by atoms with van der Waals surface area (Å²) in [5, 5.41) is 9.33. The van der Waals surface area contributed by atoms with E-state index in [1.165, 1.54) is 12.1 Å². The number of rotatable bonds is 5. The maximum Gasteiger partial charge on any atom is 0.242 e. The molecule has 2 amide bonds. The number of likely N-dealkylation sites (tertiary alicyclic amines) is 3. The van der Waals surface area contributed by atoms with Gasteiger partial charge in [-0.15, -0.1) is 0 Å². The molecular formula is C22H26FN5O2. The lowest BCUT2D eigenvalue weighted by molar-refractivity contribution is -0.141. The molecule has 1 aromatic rings. The van der Waals surface area contributed by atoms with Crippen LogP contribution >= 0.6 is 0 Å². The molecule has 4 aliphatic rings. The van der Waals surface area contributed by atoms with Crippen molar-refractivity contribution in [1.29, 1.82) is 5.26 Å². The average Bonchev–Trinajstić information content (AvgIpc) is 3.06. The Morgan fingerprint density at radius 1 is 1.37 bits per heavy atom. The van der Waals surface area contributed by atoms with Crippen LogP contribution in [-0.4, -0.2) is 69.8 Å². The minimum absolute atomic E-state index is 0.0148. The Kier molecular flexibility index (Phi) is 4.56. The van der Waals surface area contributed by atoms with E-state index in [0.29, 0.717) is 25.4 Å². The smallest absolute Gasteiger partial charge is 0.242 e. The van der Waals surface area contributed by atoms with Gasteiger partial charge in [-0.25, -0.2) is 4.39 Å². The van der Waals surface area contributed by atoms with Gasteiger partial charge >= 0.3 is 0 Å². The summed E-state index contributed by atoms with van der Waals surface area (Å²) < 4.78 is 13.6. The standard InChI is InChI=1S/C22H26FN5O2/c1-12(13-3-2-4-15(23)5-13)27-17-8-20(22(27)30)26(10-17)11-18(25)21(29)28-16(9-24)6-14-7-19(14)28/h2-5,12,14,16-20H,6-8,10-11,25H2,1H3/t12-,14?,16-,17?,18-,19-,20-/m0/s1. The topological polar surface area (TPSA) is 93.7 Å². The second kappa shape index (κ2) is 7.03. The monoisotopic (exact) mass is 411 g/mol. The van der Waals surface area contributed by atoms with Crippen molar-refractivity contribution < 1.29 is 14.0 Å². The number of hydrogen-bond donors (Lipinski definition) is 1. The van der Waals surface area contributed by atoms with Crippen molar-refractivity contribution >= 4 is 11.8 Å². The number of carbonyl (C=O) groups excluding carboxylic acids is 2. The Balaban J connectivity index is 1.24. The molecule has 1 saturated carbocycles. The van der Waals surface area contributed by atoms with E-state index >= 15 is 0 Å². The zero-order chi connectivity index (χ0) is 21.2. The summed E-state index contributed by atoms with van der Waals surface area (Å²) in [6, 6.07) is 7.22. The highest BCUT2D eigenvalue weighted by Gasteiger charge is 2.56. The largest absolute Gasteiger partial charge is 0.330 e. The van der Waals surface area contributed by atoms with E-state index in [0.717, 1.165) is 18.4 Å². The molecule has 30 heavy (non-hydrogen) atoms. The molecule has 8 heteroatoms. The van der Waals surface area contributed by atoms with Gasteiger partial charge in [0.15, 0.2) is 0 Å². The number of nitrogens with two attached hydrogens (primary N) is 1. The van der Waals surface area contributed by atoms with E-state index in [1.807, 2.05) is 22.8 Å². The number of hydrogen-bond acceptors (Lipinski definition) is 5. The van der Waals surface area contributed by atoms with Crippen LogP contribution < -0.4 is 5.73 Å². The molecule has 0 radical (unpaired) electrons. The summed E-state index contributed by atoms with van der Waals surface area (Å²) in [6.45, 7) is 2.90. The van der Waals surface area contributed by atoms with Crippen molar-refractivity contribution in [2.75, 3.05) is 13.1 Å². The van der Waals surface area contributed by atoms with E-state index in [-0.39, 0.29) is 47.8 Å². The van der Waals surface area contributed by atoms with Crippen molar-refractivity contribution in [3.05, 3.63) is 35.6 Å². The third kappa shape index (κ3) is 2.99. The van der Waals surface area contributed by atoms with Crippen molar-refractivity contribution in [3.63, 3.8) is 0 Å². The van der Waals surface area contributed by atoms with Crippen LogP contribution in [0.2, 0.25) is 0 Å². The predicted octanol–water partition coefficient (Wildman–Crippen LogP) is 1.01. The van der Waals surface area contributed by atoms with Gasteiger partial charge in [-0.2, -0.15) is 5.26 Å². The molecule has 3 aliphatic heterocycles. The summed E-state index contributed by atoms with van der Waals surface area (Å²) in [6.07, 6.45) is 2.42. The molecule has 3 saturated heterocycles. The number of benzene rings is 1. The van der Waals surface area contributed by atoms with Crippen LogP contribution in [0.5, 0.6) is 0 Å². The number of piperazine rings is 1. The van der Waals surface area contributed by atoms with Crippen LogP contribution in [0.1, 0.15) is 37.8 Å². The third-order valence-electron chi connectivity index (χ3n) is 7.32. The highest BCUT2D eigenvalue weighted by atomic mass is 19.1. The van der Waals surface area contributed by atoms with Crippen LogP contribution in [0.15, 0.2) is 24.3 Å². The first-order valence-corrected chi connectivity index (χ1v) is 10.7. The average molecular weight is 411 g/mol. The Bertz CT molecular complexity index is 932. The summed E-state index contributed by atoms with van der Waals surface area (Å²) in [5.74, 6) is -0.0152. The molecule has 158 valence electrons. The van der Waals surface area contributed by atoms with Gasteiger partial charge in [0.2, 0.25) is 11.8 Å². The normalized spacial score (nSPS) is 34.1.